The Morgan fingerprint density at radius 2 is 1.93 bits per heavy atom. The summed E-state index contributed by atoms with van der Waals surface area (Å²) in [7, 11) is 3.12. The number of carbonyl (C=O) groups excluding carboxylic acids is 1. The summed E-state index contributed by atoms with van der Waals surface area (Å²) in [5.41, 5.74) is 0.654. The summed E-state index contributed by atoms with van der Waals surface area (Å²) in [4.78, 5) is 15.2. The summed E-state index contributed by atoms with van der Waals surface area (Å²) in [6.45, 7) is 12.0. The molecule has 1 saturated heterocycles. The van der Waals surface area contributed by atoms with Crippen LogP contribution in [-0.4, -0.2) is 43.2 Å². The summed E-state index contributed by atoms with van der Waals surface area (Å²) in [6, 6.07) is 3.34. The number of allylic oxidation sites excluding steroid dienone is 1. The molecule has 1 aliphatic rings. The van der Waals surface area contributed by atoms with Gasteiger partial charge >= 0.3 is 0 Å². The standard InChI is InChI=1S/C23H35NO4/c1-7-17(8-2)19(12-22(26)24-13-15(3)9-16(4)14-24)23-20(25)10-18(27-5)11-21(23)28-6/h7,10-11,15-17,19,25H,1,8-9,12-14H2,2-6H3/t15-,16+,17?,19?. The van der Waals surface area contributed by atoms with Crippen LogP contribution in [0.3, 0.4) is 0 Å². The zero-order valence-electron chi connectivity index (χ0n) is 17.9. The predicted octanol–water partition coefficient (Wildman–Crippen LogP) is 4.60. The van der Waals surface area contributed by atoms with Crippen LogP contribution in [0.25, 0.3) is 0 Å². The number of phenols is 1. The van der Waals surface area contributed by atoms with E-state index in [0.717, 1.165) is 25.9 Å². The van der Waals surface area contributed by atoms with Gasteiger partial charge in [-0.25, -0.2) is 0 Å². The van der Waals surface area contributed by atoms with E-state index in [4.69, 9.17) is 9.47 Å². The lowest BCUT2D eigenvalue weighted by atomic mass is 9.80. The van der Waals surface area contributed by atoms with Gasteiger partial charge in [0.05, 0.1) is 14.2 Å². The second-order valence-electron chi connectivity index (χ2n) is 8.13. The molecule has 2 unspecified atom stereocenters. The van der Waals surface area contributed by atoms with E-state index >= 15 is 0 Å². The fraction of sp³-hybridized carbons (Fsp3) is 0.609. The van der Waals surface area contributed by atoms with E-state index < -0.39 is 0 Å². The maximum atomic E-state index is 13.2. The number of piperidine rings is 1. The van der Waals surface area contributed by atoms with Gasteiger partial charge < -0.3 is 19.5 Å². The first kappa shape index (κ1) is 22.1. The molecule has 0 spiro atoms. The van der Waals surface area contributed by atoms with Gasteiger partial charge in [-0.2, -0.15) is 0 Å². The van der Waals surface area contributed by atoms with Crippen LogP contribution in [0.4, 0.5) is 0 Å². The maximum absolute atomic E-state index is 13.2. The number of benzene rings is 1. The third-order valence-corrected chi connectivity index (χ3v) is 5.83. The van der Waals surface area contributed by atoms with Crippen molar-refractivity contribution in [3.8, 4) is 17.2 Å². The largest absolute Gasteiger partial charge is 0.507 e. The Hall–Kier alpha value is -2.17. The Bertz CT molecular complexity index is 677. The van der Waals surface area contributed by atoms with Crippen molar-refractivity contribution in [3.63, 3.8) is 0 Å². The van der Waals surface area contributed by atoms with E-state index in [1.54, 1.807) is 26.4 Å². The summed E-state index contributed by atoms with van der Waals surface area (Å²) in [5, 5.41) is 10.7. The molecular weight excluding hydrogens is 354 g/mol. The van der Waals surface area contributed by atoms with E-state index in [1.807, 2.05) is 11.0 Å². The first-order chi connectivity index (χ1) is 13.3. The monoisotopic (exact) mass is 389 g/mol. The topological polar surface area (TPSA) is 59.0 Å². The smallest absolute Gasteiger partial charge is 0.223 e. The van der Waals surface area contributed by atoms with Gasteiger partial charge in [0.15, 0.2) is 0 Å². The molecule has 156 valence electrons. The highest BCUT2D eigenvalue weighted by Crippen LogP contribution is 2.44. The van der Waals surface area contributed by atoms with Crippen LogP contribution in [0.2, 0.25) is 0 Å². The Morgan fingerprint density at radius 1 is 1.29 bits per heavy atom. The number of ether oxygens (including phenoxy) is 2. The molecule has 0 radical (unpaired) electrons. The molecular formula is C23H35NO4. The van der Waals surface area contributed by atoms with Crippen molar-refractivity contribution >= 4 is 5.91 Å². The molecule has 4 atom stereocenters. The molecule has 0 aliphatic carbocycles. The second kappa shape index (κ2) is 9.85. The van der Waals surface area contributed by atoms with E-state index in [1.165, 1.54) is 0 Å². The minimum absolute atomic E-state index is 0.0526. The summed E-state index contributed by atoms with van der Waals surface area (Å²) < 4.78 is 10.8. The molecule has 5 nitrogen and oxygen atoms in total. The van der Waals surface area contributed by atoms with Crippen LogP contribution in [-0.2, 0) is 4.79 Å². The van der Waals surface area contributed by atoms with E-state index in [0.29, 0.717) is 35.3 Å². The number of methoxy groups -OCH3 is 2. The lowest BCUT2D eigenvalue weighted by Gasteiger charge is -2.36. The summed E-state index contributed by atoms with van der Waals surface area (Å²) in [5.74, 6) is 2.15. The zero-order chi connectivity index (χ0) is 20.8. The molecule has 0 saturated carbocycles. The molecule has 1 N–H and O–H groups in total. The van der Waals surface area contributed by atoms with Crippen LogP contribution < -0.4 is 9.47 Å². The van der Waals surface area contributed by atoms with E-state index in [9.17, 15) is 9.90 Å². The summed E-state index contributed by atoms with van der Waals surface area (Å²) >= 11 is 0. The van der Waals surface area contributed by atoms with E-state index in [2.05, 4.69) is 27.4 Å². The number of hydrogen-bond donors (Lipinski definition) is 1. The lowest BCUT2D eigenvalue weighted by Crippen LogP contribution is -2.43. The minimum Gasteiger partial charge on any atom is -0.507 e. The van der Waals surface area contributed by atoms with Crippen LogP contribution in [0.15, 0.2) is 24.8 Å². The number of phenolic OH excluding ortho intramolecular Hbond substituents is 1. The predicted molar refractivity (Wildman–Crippen MR) is 112 cm³/mol. The highest BCUT2D eigenvalue weighted by molar-refractivity contribution is 5.78. The average molecular weight is 390 g/mol. The highest BCUT2D eigenvalue weighted by atomic mass is 16.5. The van der Waals surface area contributed by atoms with Gasteiger partial charge in [-0.15, -0.1) is 6.58 Å². The minimum atomic E-state index is -0.205. The number of nitrogens with zero attached hydrogens (tertiary/aromatic N) is 1. The molecule has 1 amide bonds. The van der Waals surface area contributed by atoms with Gasteiger partial charge in [-0.1, -0.05) is 26.8 Å². The van der Waals surface area contributed by atoms with E-state index in [-0.39, 0.29) is 23.5 Å². The molecule has 1 aliphatic heterocycles. The molecule has 1 fully saturated rings. The number of rotatable bonds is 8. The normalized spacial score (nSPS) is 21.7. The molecule has 5 heteroatoms. The number of aromatic hydroxyl groups is 1. The van der Waals surface area contributed by atoms with Crippen molar-refractivity contribution in [2.24, 2.45) is 17.8 Å². The van der Waals surface area contributed by atoms with Crippen molar-refractivity contribution in [1.82, 2.24) is 4.90 Å². The fourth-order valence-corrected chi connectivity index (χ4v) is 4.51. The highest BCUT2D eigenvalue weighted by Gasteiger charge is 2.32. The third-order valence-electron chi connectivity index (χ3n) is 5.83. The molecule has 1 heterocycles. The van der Waals surface area contributed by atoms with Gasteiger partial charge in [-0.3, -0.25) is 4.79 Å². The van der Waals surface area contributed by atoms with Crippen LogP contribution in [0, 0.1) is 17.8 Å². The second-order valence-corrected chi connectivity index (χ2v) is 8.13. The maximum Gasteiger partial charge on any atom is 0.223 e. The fourth-order valence-electron chi connectivity index (χ4n) is 4.51. The molecule has 2 rings (SSSR count). The van der Waals surface area contributed by atoms with Gasteiger partial charge in [0.25, 0.3) is 0 Å². The van der Waals surface area contributed by atoms with Gasteiger partial charge in [0, 0.05) is 43.1 Å². The number of carbonyl (C=O) groups is 1. The number of amides is 1. The van der Waals surface area contributed by atoms with Crippen molar-refractivity contribution < 1.29 is 19.4 Å². The van der Waals surface area contributed by atoms with Crippen molar-refractivity contribution in [1.29, 1.82) is 0 Å². The van der Waals surface area contributed by atoms with Crippen LogP contribution in [0.1, 0.15) is 51.5 Å². The Kier molecular flexibility index (Phi) is 7.78. The Morgan fingerprint density at radius 3 is 2.43 bits per heavy atom. The Balaban J connectivity index is 2.38. The zero-order valence-corrected chi connectivity index (χ0v) is 17.9. The van der Waals surface area contributed by atoms with Crippen molar-refractivity contribution in [3.05, 3.63) is 30.4 Å². The van der Waals surface area contributed by atoms with Crippen molar-refractivity contribution in [2.45, 2.75) is 46.0 Å². The quantitative estimate of drug-likeness (QED) is 0.660. The first-order valence-corrected chi connectivity index (χ1v) is 10.2. The number of likely N-dealkylation sites (tertiary alicyclic amines) is 1. The van der Waals surface area contributed by atoms with Crippen molar-refractivity contribution in [2.75, 3.05) is 27.3 Å². The third kappa shape index (κ3) is 5.00. The van der Waals surface area contributed by atoms with Gasteiger partial charge in [-0.05, 0) is 30.6 Å². The molecule has 1 aromatic rings. The number of hydrogen-bond acceptors (Lipinski definition) is 4. The first-order valence-electron chi connectivity index (χ1n) is 10.2. The van der Waals surface area contributed by atoms with Crippen LogP contribution >= 0.6 is 0 Å². The molecule has 0 bridgehead atoms. The Labute approximate surface area is 169 Å². The van der Waals surface area contributed by atoms with Crippen LogP contribution in [0.5, 0.6) is 17.2 Å². The molecule has 28 heavy (non-hydrogen) atoms. The average Bonchev–Trinajstić information content (AvgIpc) is 2.66. The molecule has 0 aromatic heterocycles. The van der Waals surface area contributed by atoms with Gasteiger partial charge in [0.1, 0.15) is 17.2 Å². The summed E-state index contributed by atoms with van der Waals surface area (Å²) in [6.07, 6.45) is 4.18. The SMILES string of the molecule is C=CC(CC)C(CC(=O)N1C[C@H](C)C[C@H](C)C1)c1c(O)cc(OC)cc1OC. The van der Waals surface area contributed by atoms with Gasteiger partial charge in [0.2, 0.25) is 5.91 Å². The lowest BCUT2D eigenvalue weighted by molar-refractivity contribution is -0.134. The molecule has 1 aromatic carbocycles.